The van der Waals surface area contributed by atoms with E-state index in [1.165, 1.54) is 19.1 Å². The van der Waals surface area contributed by atoms with Crippen molar-refractivity contribution in [3.63, 3.8) is 0 Å². The Morgan fingerprint density at radius 1 is 1.26 bits per heavy atom. The van der Waals surface area contributed by atoms with Crippen molar-refractivity contribution >= 4 is 17.5 Å². The van der Waals surface area contributed by atoms with Crippen molar-refractivity contribution in [1.82, 2.24) is 10.3 Å². The molecular weight excluding hydrogens is 443 g/mol. The molecule has 3 rings (SSSR count). The lowest BCUT2D eigenvalue weighted by atomic mass is 9.76. The summed E-state index contributed by atoms with van der Waals surface area (Å²) in [6.07, 6.45) is -6.24. The predicted octanol–water partition coefficient (Wildman–Crippen LogP) is 5.32. The Hall–Kier alpha value is -2.26. The number of carbonyl (C=O) groups excluding carboxylic acids is 1. The second-order valence-corrected chi connectivity index (χ2v) is 8.05. The lowest BCUT2D eigenvalue weighted by Gasteiger charge is -2.41. The van der Waals surface area contributed by atoms with Gasteiger partial charge in [0.2, 0.25) is 0 Å². The number of halogens is 6. The van der Waals surface area contributed by atoms with E-state index in [4.69, 9.17) is 11.6 Å². The van der Waals surface area contributed by atoms with E-state index in [1.54, 1.807) is 0 Å². The summed E-state index contributed by atoms with van der Waals surface area (Å²) >= 11 is 6.05. The van der Waals surface area contributed by atoms with Crippen LogP contribution in [0.1, 0.15) is 59.0 Å². The van der Waals surface area contributed by atoms with Crippen LogP contribution in [0.25, 0.3) is 0 Å². The number of aliphatic hydroxyl groups is 1. The number of nitrogens with zero attached hydrogens (tertiary/aromatic N) is 1. The van der Waals surface area contributed by atoms with Gasteiger partial charge in [-0.15, -0.1) is 0 Å². The van der Waals surface area contributed by atoms with Gasteiger partial charge in [-0.1, -0.05) is 23.7 Å². The molecule has 1 amide bonds. The van der Waals surface area contributed by atoms with Crippen LogP contribution in [0.2, 0.25) is 5.02 Å². The summed E-state index contributed by atoms with van der Waals surface area (Å²) in [6, 6.07) is 4.20. The molecule has 0 radical (unpaired) electrons. The van der Waals surface area contributed by atoms with Crippen LogP contribution in [0, 0.1) is 12.7 Å². The van der Waals surface area contributed by atoms with Crippen molar-refractivity contribution in [2.75, 3.05) is 0 Å². The predicted molar refractivity (Wildman–Crippen MR) is 104 cm³/mol. The number of hydrogen-bond donors (Lipinski definition) is 2. The second kappa shape index (κ2) is 8.70. The van der Waals surface area contributed by atoms with Gasteiger partial charge in [-0.3, -0.25) is 4.79 Å². The summed E-state index contributed by atoms with van der Waals surface area (Å²) in [7, 11) is 0. The number of carbonyl (C=O) groups is 1. The Bertz CT molecular complexity index is 975. The fraction of sp³-hybridized carbons (Fsp3) is 0.429. The molecule has 1 unspecified atom stereocenters. The number of aryl methyl sites for hydroxylation is 1. The molecule has 1 saturated carbocycles. The SMILES string of the molecule is Cc1ccc(C(F)(F)F)c(C(=O)NC(c2cccc(F)c2Cl)[C@]2(O)CC[C@@H](F)CC2)n1. The zero-order valence-corrected chi connectivity index (χ0v) is 17.2. The summed E-state index contributed by atoms with van der Waals surface area (Å²) in [4.78, 5) is 16.6. The van der Waals surface area contributed by atoms with Gasteiger partial charge in [-0.25, -0.2) is 13.8 Å². The van der Waals surface area contributed by atoms with Crippen molar-refractivity contribution in [2.24, 2.45) is 0 Å². The van der Waals surface area contributed by atoms with Gasteiger partial charge < -0.3 is 10.4 Å². The maximum absolute atomic E-state index is 14.1. The molecule has 10 heteroatoms. The summed E-state index contributed by atoms with van der Waals surface area (Å²) in [5.41, 5.74) is -3.71. The fourth-order valence-corrected chi connectivity index (χ4v) is 4.01. The Kier molecular flexibility index (Phi) is 6.57. The summed E-state index contributed by atoms with van der Waals surface area (Å²) < 4.78 is 68.0. The van der Waals surface area contributed by atoms with E-state index in [0.717, 1.165) is 18.2 Å². The lowest BCUT2D eigenvalue weighted by molar-refractivity contribution is -0.138. The highest BCUT2D eigenvalue weighted by Crippen LogP contribution is 2.42. The van der Waals surface area contributed by atoms with E-state index in [-0.39, 0.29) is 36.9 Å². The minimum absolute atomic E-state index is 0.0176. The molecule has 168 valence electrons. The Labute approximate surface area is 180 Å². The van der Waals surface area contributed by atoms with Gasteiger partial charge in [0.1, 0.15) is 17.7 Å². The molecule has 1 heterocycles. The third-order valence-corrected chi connectivity index (χ3v) is 5.84. The molecule has 1 aliphatic rings. The first-order chi connectivity index (χ1) is 14.4. The quantitative estimate of drug-likeness (QED) is 0.605. The van der Waals surface area contributed by atoms with Crippen LogP contribution in [-0.4, -0.2) is 27.8 Å². The van der Waals surface area contributed by atoms with E-state index in [0.29, 0.717) is 0 Å². The zero-order valence-electron chi connectivity index (χ0n) is 16.4. The summed E-state index contributed by atoms with van der Waals surface area (Å²) in [5.74, 6) is -2.04. The van der Waals surface area contributed by atoms with Crippen LogP contribution in [0.5, 0.6) is 0 Å². The van der Waals surface area contributed by atoms with Crippen LogP contribution < -0.4 is 5.32 Å². The summed E-state index contributed by atoms with van der Waals surface area (Å²) in [6.45, 7) is 1.42. The minimum atomic E-state index is -4.84. The summed E-state index contributed by atoms with van der Waals surface area (Å²) in [5, 5.41) is 13.2. The number of benzene rings is 1. The van der Waals surface area contributed by atoms with Crippen LogP contribution in [0.4, 0.5) is 22.0 Å². The standard InChI is InChI=1S/C21H20ClF5N2O2/c1-11-5-6-14(21(25,26)27)17(28-11)19(30)29-18(13-3-2-4-15(24)16(13)22)20(31)9-7-12(23)8-10-20/h2-6,12,18,31H,7-10H2,1H3,(H,29,30)/t12-,18?,20+. The molecule has 1 aromatic carbocycles. The van der Waals surface area contributed by atoms with Gasteiger partial charge in [-0.05, 0) is 56.4 Å². The number of hydrogen-bond acceptors (Lipinski definition) is 3. The zero-order chi connectivity index (χ0) is 23.0. The number of rotatable bonds is 4. The molecule has 0 aliphatic heterocycles. The van der Waals surface area contributed by atoms with E-state index < -0.39 is 52.0 Å². The Morgan fingerprint density at radius 3 is 2.52 bits per heavy atom. The maximum Gasteiger partial charge on any atom is 0.418 e. The molecule has 31 heavy (non-hydrogen) atoms. The van der Waals surface area contributed by atoms with Crippen molar-refractivity contribution in [2.45, 2.75) is 56.6 Å². The average molecular weight is 463 g/mol. The van der Waals surface area contributed by atoms with Gasteiger partial charge in [0.15, 0.2) is 0 Å². The highest BCUT2D eigenvalue weighted by atomic mass is 35.5. The van der Waals surface area contributed by atoms with Gasteiger partial charge in [0, 0.05) is 5.69 Å². The van der Waals surface area contributed by atoms with Gasteiger partial charge in [-0.2, -0.15) is 13.2 Å². The minimum Gasteiger partial charge on any atom is -0.387 e. The maximum atomic E-state index is 14.1. The number of pyridine rings is 1. The van der Waals surface area contributed by atoms with Gasteiger partial charge in [0.25, 0.3) is 5.91 Å². The third-order valence-electron chi connectivity index (χ3n) is 5.44. The highest BCUT2D eigenvalue weighted by molar-refractivity contribution is 6.31. The first-order valence-corrected chi connectivity index (χ1v) is 9.96. The van der Waals surface area contributed by atoms with E-state index in [1.807, 2.05) is 0 Å². The average Bonchev–Trinajstić information content (AvgIpc) is 2.69. The molecule has 1 fully saturated rings. The van der Waals surface area contributed by atoms with E-state index >= 15 is 0 Å². The third kappa shape index (κ3) is 4.98. The number of nitrogens with one attached hydrogen (secondary N) is 1. The first kappa shape index (κ1) is 23.4. The van der Waals surface area contributed by atoms with Crippen molar-refractivity contribution in [3.05, 3.63) is 63.7 Å². The molecule has 4 nitrogen and oxygen atoms in total. The largest absolute Gasteiger partial charge is 0.418 e. The molecule has 1 aromatic heterocycles. The van der Waals surface area contributed by atoms with E-state index in [2.05, 4.69) is 10.3 Å². The molecule has 2 aromatic rings. The van der Waals surface area contributed by atoms with Crippen molar-refractivity contribution in [3.8, 4) is 0 Å². The second-order valence-electron chi connectivity index (χ2n) is 7.67. The fourth-order valence-electron chi connectivity index (χ4n) is 3.77. The molecular formula is C21H20ClF5N2O2. The molecule has 0 spiro atoms. The van der Waals surface area contributed by atoms with Crippen LogP contribution in [0.3, 0.4) is 0 Å². The van der Waals surface area contributed by atoms with Gasteiger partial charge >= 0.3 is 6.18 Å². The number of aromatic nitrogens is 1. The molecule has 1 atom stereocenters. The highest BCUT2D eigenvalue weighted by Gasteiger charge is 2.44. The van der Waals surface area contributed by atoms with Crippen molar-refractivity contribution in [1.29, 1.82) is 0 Å². The van der Waals surface area contributed by atoms with Gasteiger partial charge in [0.05, 0.1) is 22.2 Å². The monoisotopic (exact) mass is 462 g/mol. The molecule has 1 aliphatic carbocycles. The van der Waals surface area contributed by atoms with Crippen LogP contribution in [0.15, 0.2) is 30.3 Å². The Morgan fingerprint density at radius 2 is 1.90 bits per heavy atom. The number of amides is 1. The number of alkyl halides is 4. The first-order valence-electron chi connectivity index (χ1n) is 9.58. The smallest absolute Gasteiger partial charge is 0.387 e. The normalized spacial score (nSPS) is 22.8. The Balaban J connectivity index is 2.05. The molecule has 0 bridgehead atoms. The van der Waals surface area contributed by atoms with E-state index in [9.17, 15) is 31.9 Å². The van der Waals surface area contributed by atoms with Crippen molar-refractivity contribution < 1.29 is 31.9 Å². The molecule has 2 N–H and O–H groups in total. The van der Waals surface area contributed by atoms with Crippen LogP contribution in [-0.2, 0) is 6.18 Å². The molecule has 0 saturated heterocycles. The van der Waals surface area contributed by atoms with Crippen LogP contribution >= 0.6 is 11.6 Å². The topological polar surface area (TPSA) is 62.2 Å². The lowest BCUT2D eigenvalue weighted by Crippen LogP contribution is -2.49.